The molecular formula is C24H29F2N3O7. The summed E-state index contributed by atoms with van der Waals surface area (Å²) in [5, 5.41) is 12.3. The minimum atomic E-state index is -3.88. The van der Waals surface area contributed by atoms with Crippen molar-refractivity contribution in [2.45, 2.75) is 63.4 Å². The number of ether oxygens (including phenoxy) is 3. The fraction of sp³-hybridized carbons (Fsp3) is 0.500. The Hall–Kier alpha value is -3.38. The van der Waals surface area contributed by atoms with Crippen LogP contribution in [0.5, 0.6) is 0 Å². The highest BCUT2D eigenvalue weighted by Crippen LogP contribution is 2.42. The molecule has 1 saturated heterocycles. The molecule has 36 heavy (non-hydrogen) atoms. The van der Waals surface area contributed by atoms with Crippen molar-refractivity contribution >= 4 is 17.9 Å². The number of nitrogens with zero attached hydrogens (tertiary/aromatic N) is 2. The molecule has 0 saturated carbocycles. The molecule has 0 unspecified atom stereocenters. The number of nitrogens with one attached hydrogen (secondary N) is 1. The molecule has 2 aromatic rings. The van der Waals surface area contributed by atoms with E-state index in [0.29, 0.717) is 17.4 Å². The van der Waals surface area contributed by atoms with Crippen molar-refractivity contribution in [1.29, 1.82) is 0 Å². The van der Waals surface area contributed by atoms with Gasteiger partial charge >= 0.3 is 23.7 Å². The van der Waals surface area contributed by atoms with Crippen LogP contribution in [0.25, 0.3) is 0 Å². The number of carbonyl (C=O) groups excluding carboxylic acids is 2. The summed E-state index contributed by atoms with van der Waals surface area (Å²) in [4.78, 5) is 39.7. The Morgan fingerprint density at radius 3 is 2.64 bits per heavy atom. The molecule has 0 radical (unpaired) electrons. The largest absolute Gasteiger partial charge is 0.463 e. The Labute approximate surface area is 206 Å². The molecule has 1 aromatic carbocycles. The molecule has 1 aliphatic rings. The van der Waals surface area contributed by atoms with E-state index in [9.17, 15) is 28.3 Å². The molecule has 2 heterocycles. The molecule has 10 nitrogen and oxygen atoms in total. The number of aromatic nitrogens is 2. The summed E-state index contributed by atoms with van der Waals surface area (Å²) >= 11 is 0. The number of unbranched alkanes of at least 4 members (excludes halogenated alkanes) is 2. The van der Waals surface area contributed by atoms with E-state index in [4.69, 9.17) is 14.2 Å². The monoisotopic (exact) mass is 509 g/mol. The van der Waals surface area contributed by atoms with Crippen molar-refractivity contribution < 1.29 is 37.7 Å². The van der Waals surface area contributed by atoms with Gasteiger partial charge in [-0.1, -0.05) is 50.1 Å². The molecule has 0 spiro atoms. The number of alkyl halides is 2. The van der Waals surface area contributed by atoms with Crippen LogP contribution in [0.1, 0.15) is 44.4 Å². The highest BCUT2D eigenvalue weighted by Gasteiger charge is 2.60. The predicted molar refractivity (Wildman–Crippen MR) is 124 cm³/mol. The lowest BCUT2D eigenvalue weighted by Crippen LogP contribution is -2.42. The number of amides is 1. The summed E-state index contributed by atoms with van der Waals surface area (Å²) in [5.41, 5.74) is -0.232. The molecule has 1 fully saturated rings. The van der Waals surface area contributed by atoms with Gasteiger partial charge in [0, 0.05) is 12.6 Å². The summed E-state index contributed by atoms with van der Waals surface area (Å²) in [6.45, 7) is 1.57. The Bertz CT molecular complexity index is 1080. The summed E-state index contributed by atoms with van der Waals surface area (Å²) in [6.07, 6.45) is -3.01. The van der Waals surface area contributed by atoms with Crippen LogP contribution < -0.4 is 11.0 Å². The Morgan fingerprint density at radius 1 is 1.19 bits per heavy atom. The predicted octanol–water partition coefficient (Wildman–Crippen LogP) is 3.05. The number of rotatable bonds is 11. The van der Waals surface area contributed by atoms with Crippen molar-refractivity contribution in [3.63, 3.8) is 0 Å². The number of anilines is 1. The highest BCUT2D eigenvalue weighted by molar-refractivity contribution is 5.83. The fourth-order valence-electron chi connectivity index (χ4n) is 3.56. The average Bonchev–Trinajstić information content (AvgIpc) is 3.08. The van der Waals surface area contributed by atoms with Crippen LogP contribution in [0.3, 0.4) is 0 Å². The first-order valence-corrected chi connectivity index (χ1v) is 11.7. The Balaban J connectivity index is 1.56. The van der Waals surface area contributed by atoms with Crippen LogP contribution >= 0.6 is 0 Å². The maximum atomic E-state index is 14.7. The van der Waals surface area contributed by atoms with Gasteiger partial charge in [0.05, 0.1) is 6.61 Å². The number of aryl methyl sites for hydroxylation is 1. The number of benzene rings is 1. The number of carbonyl (C=O) groups is 2. The average molecular weight is 510 g/mol. The van der Waals surface area contributed by atoms with Crippen molar-refractivity contribution in [3.05, 3.63) is 58.6 Å². The second-order valence-corrected chi connectivity index (χ2v) is 8.29. The lowest BCUT2D eigenvalue weighted by molar-refractivity contribution is -0.150. The molecule has 12 heteroatoms. The Kier molecular flexibility index (Phi) is 9.48. The second-order valence-electron chi connectivity index (χ2n) is 8.29. The lowest BCUT2D eigenvalue weighted by atomic mass is 10.1. The number of esters is 1. The van der Waals surface area contributed by atoms with Gasteiger partial charge in [-0.05, 0) is 24.5 Å². The lowest BCUT2D eigenvalue weighted by Gasteiger charge is -2.21. The number of hydrogen-bond donors (Lipinski definition) is 2. The van der Waals surface area contributed by atoms with Crippen LogP contribution in [0.4, 0.5) is 19.4 Å². The van der Waals surface area contributed by atoms with Gasteiger partial charge in [-0.3, -0.25) is 14.7 Å². The first-order valence-electron chi connectivity index (χ1n) is 11.7. The van der Waals surface area contributed by atoms with Gasteiger partial charge < -0.3 is 19.3 Å². The van der Waals surface area contributed by atoms with E-state index >= 15 is 0 Å². The second kappa shape index (κ2) is 12.5. The molecule has 1 amide bonds. The van der Waals surface area contributed by atoms with Gasteiger partial charge in [0.25, 0.3) is 0 Å². The summed E-state index contributed by atoms with van der Waals surface area (Å²) in [7, 11) is 0. The van der Waals surface area contributed by atoms with Crippen LogP contribution in [0.2, 0.25) is 0 Å². The van der Waals surface area contributed by atoms with Gasteiger partial charge in [-0.15, -0.1) is 0 Å². The van der Waals surface area contributed by atoms with E-state index in [0.717, 1.165) is 30.7 Å². The number of aliphatic hydroxyl groups is 1. The van der Waals surface area contributed by atoms with E-state index in [2.05, 4.69) is 10.3 Å². The zero-order chi connectivity index (χ0) is 26.1. The van der Waals surface area contributed by atoms with Crippen molar-refractivity contribution in [2.24, 2.45) is 0 Å². The number of aliphatic hydroxyl groups excluding tert-OH is 1. The molecule has 1 aromatic heterocycles. The molecule has 3 atom stereocenters. The third kappa shape index (κ3) is 7.08. The number of halogens is 2. The maximum absolute atomic E-state index is 14.7. The van der Waals surface area contributed by atoms with E-state index in [-0.39, 0.29) is 18.8 Å². The fourth-order valence-corrected chi connectivity index (χ4v) is 3.56. The summed E-state index contributed by atoms with van der Waals surface area (Å²) < 4.78 is 45.1. The number of hydrogen-bond acceptors (Lipinski definition) is 8. The van der Waals surface area contributed by atoms with Crippen molar-refractivity contribution in [1.82, 2.24) is 9.55 Å². The molecule has 0 bridgehead atoms. The summed E-state index contributed by atoms with van der Waals surface area (Å²) in [5.74, 6) is -4.71. The van der Waals surface area contributed by atoms with Crippen LogP contribution in [-0.2, 0) is 25.4 Å². The topological polar surface area (TPSA) is 129 Å². The minimum absolute atomic E-state index is 0.0194. The van der Waals surface area contributed by atoms with Crippen LogP contribution in [-0.4, -0.2) is 58.1 Å². The van der Waals surface area contributed by atoms with E-state index in [1.165, 1.54) is 0 Å². The van der Waals surface area contributed by atoms with E-state index < -0.39 is 48.7 Å². The highest BCUT2D eigenvalue weighted by atomic mass is 19.3. The molecule has 1 aliphatic heterocycles. The zero-order valence-electron chi connectivity index (χ0n) is 19.8. The quantitative estimate of drug-likeness (QED) is 0.349. The van der Waals surface area contributed by atoms with Crippen molar-refractivity contribution in [2.75, 3.05) is 18.5 Å². The first-order chi connectivity index (χ1) is 17.2. The Morgan fingerprint density at radius 2 is 1.94 bits per heavy atom. The molecule has 0 aliphatic carbocycles. The van der Waals surface area contributed by atoms with Gasteiger partial charge in [0.15, 0.2) is 6.10 Å². The summed E-state index contributed by atoms with van der Waals surface area (Å²) in [6, 6.07) is 10.3. The zero-order valence-corrected chi connectivity index (χ0v) is 19.8. The maximum Gasteiger partial charge on any atom is 0.412 e. The molecular weight excluding hydrogens is 480 g/mol. The molecule has 2 N–H and O–H groups in total. The molecule has 3 rings (SSSR count). The normalized spacial score (nSPS) is 20.6. The minimum Gasteiger partial charge on any atom is -0.463 e. The third-order valence-corrected chi connectivity index (χ3v) is 5.54. The van der Waals surface area contributed by atoms with E-state index in [1.807, 2.05) is 37.3 Å². The van der Waals surface area contributed by atoms with Crippen LogP contribution in [0, 0.1) is 0 Å². The molecule has 196 valence electrons. The van der Waals surface area contributed by atoms with Gasteiger partial charge in [0.2, 0.25) is 6.23 Å². The van der Waals surface area contributed by atoms with Gasteiger partial charge in [-0.25, -0.2) is 9.59 Å². The smallest absolute Gasteiger partial charge is 0.412 e. The SMILES string of the molecule is CCCCCOC(=O)Nc1ccn([C@@H]2O[C@H](COC(=O)CCc3ccccc3)[C@@H](O)C2(F)F)c(=O)n1. The third-order valence-electron chi connectivity index (χ3n) is 5.54. The van der Waals surface area contributed by atoms with Gasteiger partial charge in [-0.2, -0.15) is 13.8 Å². The first kappa shape index (κ1) is 27.2. The van der Waals surface area contributed by atoms with Crippen molar-refractivity contribution in [3.8, 4) is 0 Å². The van der Waals surface area contributed by atoms with Gasteiger partial charge in [0.1, 0.15) is 18.5 Å². The van der Waals surface area contributed by atoms with E-state index in [1.54, 1.807) is 0 Å². The van der Waals surface area contributed by atoms with Crippen LogP contribution in [0.15, 0.2) is 47.4 Å². The standard InChI is InChI=1S/C24H29F2N3O7/c1-2-3-7-14-34-23(33)28-18-12-13-29(22(32)27-18)21-24(25,26)20(31)17(36-21)15-35-19(30)11-10-16-8-5-4-6-9-16/h4-6,8-9,12-13,17,20-21,31H,2-3,7,10-11,14-15H2,1H3,(H,27,28,32,33)/t17-,20-,21-/m1/s1.